The summed E-state index contributed by atoms with van der Waals surface area (Å²) in [5.74, 6) is 1.17. The number of aromatic nitrogens is 1. The molecule has 3 rings (SSSR count). The van der Waals surface area contributed by atoms with E-state index in [9.17, 15) is 0 Å². The van der Waals surface area contributed by atoms with E-state index in [0.29, 0.717) is 5.88 Å². The first-order valence-corrected chi connectivity index (χ1v) is 6.54. The molecule has 0 saturated heterocycles. The maximum atomic E-state index is 5.89. The molecular formula is C13H13BrN2O. The van der Waals surface area contributed by atoms with Gasteiger partial charge in [0.1, 0.15) is 0 Å². The second-order valence-corrected chi connectivity index (χ2v) is 5.35. The Labute approximate surface area is 108 Å². The molecule has 1 aliphatic carbocycles. The Morgan fingerprint density at radius 3 is 2.82 bits per heavy atom. The van der Waals surface area contributed by atoms with Gasteiger partial charge in [0.2, 0.25) is 5.88 Å². The van der Waals surface area contributed by atoms with Crippen molar-refractivity contribution in [3.05, 3.63) is 34.4 Å². The summed E-state index contributed by atoms with van der Waals surface area (Å²) in [6.45, 7) is 0. The first-order valence-electron chi connectivity index (χ1n) is 5.74. The summed E-state index contributed by atoms with van der Waals surface area (Å²) in [7, 11) is 0. The van der Waals surface area contributed by atoms with Crippen LogP contribution in [-0.2, 0) is 6.42 Å². The zero-order valence-corrected chi connectivity index (χ0v) is 10.9. The van der Waals surface area contributed by atoms with E-state index in [-0.39, 0.29) is 0 Å². The lowest BCUT2D eigenvalue weighted by atomic mass is 10.0. The normalized spacial score (nSPS) is 15.1. The molecule has 2 N–H and O–H groups in total. The number of hydrogen-bond donors (Lipinski definition) is 1. The van der Waals surface area contributed by atoms with E-state index >= 15 is 0 Å². The first kappa shape index (κ1) is 10.8. The van der Waals surface area contributed by atoms with Crippen molar-refractivity contribution in [2.24, 2.45) is 5.92 Å². The Hall–Kier alpha value is -1.29. The van der Waals surface area contributed by atoms with Crippen molar-refractivity contribution in [1.29, 1.82) is 0 Å². The summed E-state index contributed by atoms with van der Waals surface area (Å²) in [6.07, 6.45) is 3.56. The van der Waals surface area contributed by atoms with Crippen LogP contribution in [0.15, 0.2) is 33.3 Å². The molecule has 0 spiro atoms. The van der Waals surface area contributed by atoms with E-state index in [2.05, 4.69) is 21.1 Å². The van der Waals surface area contributed by atoms with Gasteiger partial charge >= 0.3 is 0 Å². The molecule has 0 aliphatic heterocycles. The molecule has 1 heterocycles. The Morgan fingerprint density at radius 1 is 1.35 bits per heavy atom. The molecule has 1 aromatic carbocycles. The highest BCUT2D eigenvalue weighted by atomic mass is 79.9. The van der Waals surface area contributed by atoms with Crippen molar-refractivity contribution >= 4 is 21.8 Å². The number of nitrogens with zero attached hydrogens (tertiary/aromatic N) is 1. The lowest BCUT2D eigenvalue weighted by molar-refractivity contribution is 0.426. The minimum Gasteiger partial charge on any atom is -0.367 e. The van der Waals surface area contributed by atoms with E-state index in [0.717, 1.165) is 33.6 Å². The molecule has 0 radical (unpaired) electrons. The summed E-state index contributed by atoms with van der Waals surface area (Å²) < 4.78 is 6.16. The van der Waals surface area contributed by atoms with E-state index in [1.54, 1.807) is 0 Å². The molecule has 1 aromatic heterocycles. The van der Waals surface area contributed by atoms with Gasteiger partial charge in [-0.05, 0) is 31.2 Å². The molecule has 4 heteroatoms. The van der Waals surface area contributed by atoms with Gasteiger partial charge in [-0.3, -0.25) is 0 Å². The summed E-state index contributed by atoms with van der Waals surface area (Å²) in [6, 6.07) is 8.01. The van der Waals surface area contributed by atoms with Crippen molar-refractivity contribution in [2.45, 2.75) is 19.3 Å². The Bertz CT molecular complexity index is 546. The van der Waals surface area contributed by atoms with Crippen LogP contribution < -0.4 is 5.73 Å². The molecule has 88 valence electrons. The summed E-state index contributed by atoms with van der Waals surface area (Å²) >= 11 is 3.54. The molecule has 2 aromatic rings. The third-order valence-electron chi connectivity index (χ3n) is 3.11. The number of rotatable bonds is 3. The fourth-order valence-electron chi connectivity index (χ4n) is 2.02. The molecular weight excluding hydrogens is 280 g/mol. The van der Waals surface area contributed by atoms with E-state index in [4.69, 9.17) is 10.3 Å². The lowest BCUT2D eigenvalue weighted by Crippen LogP contribution is -1.93. The van der Waals surface area contributed by atoms with Crippen LogP contribution in [0.4, 0.5) is 5.88 Å². The van der Waals surface area contributed by atoms with Crippen molar-refractivity contribution in [1.82, 2.24) is 5.16 Å². The maximum absolute atomic E-state index is 5.89. The molecule has 0 amide bonds. The van der Waals surface area contributed by atoms with Crippen LogP contribution in [0.25, 0.3) is 11.1 Å². The number of benzene rings is 1. The number of nitrogen functional groups attached to an aromatic ring is 1. The Morgan fingerprint density at radius 2 is 2.12 bits per heavy atom. The highest BCUT2D eigenvalue weighted by Crippen LogP contribution is 2.39. The number of hydrogen-bond acceptors (Lipinski definition) is 3. The van der Waals surface area contributed by atoms with Gasteiger partial charge in [-0.1, -0.05) is 39.3 Å². The van der Waals surface area contributed by atoms with Crippen LogP contribution in [0.2, 0.25) is 0 Å². The van der Waals surface area contributed by atoms with Crippen LogP contribution in [0, 0.1) is 5.92 Å². The Balaban J connectivity index is 2.06. The minimum atomic E-state index is 0.410. The molecule has 17 heavy (non-hydrogen) atoms. The smallest absolute Gasteiger partial charge is 0.230 e. The standard InChI is InChI=1S/C13H13BrN2O/c14-10-4-2-1-3-9(10)12-11(7-8-5-6-8)16-17-13(12)15/h1-4,8H,5-7,15H2. The molecule has 3 nitrogen and oxygen atoms in total. The minimum absolute atomic E-state index is 0.410. The van der Waals surface area contributed by atoms with Gasteiger partial charge in [-0.25, -0.2) is 0 Å². The average molecular weight is 293 g/mol. The van der Waals surface area contributed by atoms with E-state index < -0.39 is 0 Å². The summed E-state index contributed by atoms with van der Waals surface area (Å²) in [5, 5.41) is 4.09. The van der Waals surface area contributed by atoms with Crippen molar-refractivity contribution in [2.75, 3.05) is 5.73 Å². The molecule has 1 saturated carbocycles. The monoisotopic (exact) mass is 292 g/mol. The number of halogens is 1. The van der Waals surface area contributed by atoms with Crippen molar-refractivity contribution in [3.63, 3.8) is 0 Å². The quantitative estimate of drug-likeness (QED) is 0.940. The summed E-state index contributed by atoms with van der Waals surface area (Å²) in [4.78, 5) is 0. The molecule has 0 atom stereocenters. The second-order valence-electron chi connectivity index (χ2n) is 4.50. The van der Waals surface area contributed by atoms with E-state index in [1.807, 2.05) is 24.3 Å². The first-order chi connectivity index (χ1) is 8.25. The Kier molecular flexibility index (Phi) is 2.67. The van der Waals surface area contributed by atoms with Gasteiger partial charge in [-0.2, -0.15) is 0 Å². The number of anilines is 1. The van der Waals surface area contributed by atoms with Crippen molar-refractivity contribution < 1.29 is 4.52 Å². The van der Waals surface area contributed by atoms with Crippen LogP contribution in [0.1, 0.15) is 18.5 Å². The largest absolute Gasteiger partial charge is 0.367 e. The predicted molar refractivity (Wildman–Crippen MR) is 70.5 cm³/mol. The van der Waals surface area contributed by atoms with Crippen LogP contribution in [0.5, 0.6) is 0 Å². The van der Waals surface area contributed by atoms with Gasteiger partial charge in [0.15, 0.2) is 0 Å². The zero-order valence-electron chi connectivity index (χ0n) is 9.32. The molecule has 1 aliphatic rings. The van der Waals surface area contributed by atoms with Gasteiger partial charge in [0, 0.05) is 10.0 Å². The fourth-order valence-corrected chi connectivity index (χ4v) is 2.51. The van der Waals surface area contributed by atoms with Gasteiger partial charge in [-0.15, -0.1) is 0 Å². The average Bonchev–Trinajstić information content (AvgIpc) is 3.05. The van der Waals surface area contributed by atoms with Gasteiger partial charge < -0.3 is 10.3 Å². The lowest BCUT2D eigenvalue weighted by Gasteiger charge is -2.04. The molecule has 1 fully saturated rings. The van der Waals surface area contributed by atoms with Gasteiger partial charge in [0.05, 0.1) is 11.3 Å². The van der Waals surface area contributed by atoms with Gasteiger partial charge in [0.25, 0.3) is 0 Å². The van der Waals surface area contributed by atoms with Crippen molar-refractivity contribution in [3.8, 4) is 11.1 Å². The predicted octanol–water partition coefficient (Wildman–Crippen LogP) is 3.64. The molecule has 0 unspecified atom stereocenters. The van der Waals surface area contributed by atoms with Crippen LogP contribution in [0.3, 0.4) is 0 Å². The number of nitrogens with two attached hydrogens (primary N) is 1. The van der Waals surface area contributed by atoms with Crippen LogP contribution >= 0.6 is 15.9 Å². The SMILES string of the molecule is Nc1onc(CC2CC2)c1-c1ccccc1Br. The highest BCUT2D eigenvalue weighted by molar-refractivity contribution is 9.10. The fraction of sp³-hybridized carbons (Fsp3) is 0.308. The maximum Gasteiger partial charge on any atom is 0.230 e. The second kappa shape index (κ2) is 4.18. The summed E-state index contributed by atoms with van der Waals surface area (Å²) in [5.41, 5.74) is 8.88. The third-order valence-corrected chi connectivity index (χ3v) is 3.80. The molecule has 0 bridgehead atoms. The highest BCUT2D eigenvalue weighted by Gasteiger charge is 2.26. The topological polar surface area (TPSA) is 52.0 Å². The van der Waals surface area contributed by atoms with E-state index in [1.165, 1.54) is 12.8 Å². The third kappa shape index (κ3) is 2.09. The zero-order chi connectivity index (χ0) is 11.8. The van der Waals surface area contributed by atoms with Crippen LogP contribution in [-0.4, -0.2) is 5.16 Å².